The maximum Gasteiger partial charge on any atom is 0.193 e. The molecule has 0 aromatic heterocycles. The smallest absolute Gasteiger partial charge is 0.193 e. The average molecular weight is 415 g/mol. The molecule has 0 saturated heterocycles. The van der Waals surface area contributed by atoms with Crippen molar-refractivity contribution in [3.63, 3.8) is 0 Å². The first-order chi connectivity index (χ1) is 13.0. The number of hydrogen-bond acceptors (Lipinski definition) is 3. The van der Waals surface area contributed by atoms with Gasteiger partial charge in [0.1, 0.15) is 23.1 Å². The zero-order valence-electron chi connectivity index (χ0n) is 17.5. The molecule has 2 rings (SSSR count). The van der Waals surface area contributed by atoms with E-state index in [2.05, 4.69) is 44.7 Å². The second kappa shape index (κ2) is 9.14. The van der Waals surface area contributed by atoms with Crippen molar-refractivity contribution < 1.29 is 8.63 Å². The summed E-state index contributed by atoms with van der Waals surface area (Å²) in [5.74, 6) is 0. The number of aryl methyl sites for hydroxylation is 1. The first-order valence-electron chi connectivity index (χ1n) is 9.42. The Morgan fingerprint density at radius 1 is 1.07 bits per heavy atom. The third-order valence-corrected chi connectivity index (χ3v) is 10.9. The Balaban J connectivity index is 2.33. The summed E-state index contributed by atoms with van der Waals surface area (Å²) in [7, 11) is -3.66. The van der Waals surface area contributed by atoms with Gasteiger partial charge in [-0.3, -0.25) is 0 Å². The fourth-order valence-electron chi connectivity index (χ4n) is 2.47. The molecule has 0 radical (unpaired) electrons. The topological polar surface area (TPSA) is 62.1 Å². The van der Waals surface area contributed by atoms with Gasteiger partial charge in [0, 0.05) is 0 Å². The second-order valence-corrected chi connectivity index (χ2v) is 14.5. The second-order valence-electron chi connectivity index (χ2n) is 8.52. The van der Waals surface area contributed by atoms with E-state index in [0.29, 0.717) is 4.90 Å². The highest BCUT2D eigenvalue weighted by Gasteiger charge is 2.41. The number of hydrogen-bond donors (Lipinski definition) is 1. The van der Waals surface area contributed by atoms with Crippen molar-refractivity contribution in [2.24, 2.45) is 0 Å². The van der Waals surface area contributed by atoms with Crippen LogP contribution in [0.3, 0.4) is 0 Å². The number of benzene rings is 2. The van der Waals surface area contributed by atoms with Gasteiger partial charge in [-0.05, 0) is 42.8 Å². The summed E-state index contributed by atoms with van der Waals surface area (Å²) in [5, 5.41) is 9.88. The van der Waals surface area contributed by atoms with Gasteiger partial charge in [-0.2, -0.15) is 5.26 Å². The van der Waals surface area contributed by atoms with Crippen LogP contribution < -0.4 is 4.72 Å². The van der Waals surface area contributed by atoms with Crippen LogP contribution in [0.4, 0.5) is 0 Å². The first-order valence-corrected chi connectivity index (χ1v) is 13.5. The van der Waals surface area contributed by atoms with Gasteiger partial charge in [0.05, 0.1) is 11.0 Å². The quantitative estimate of drug-likeness (QED) is 0.628. The largest absolute Gasteiger partial charge is 0.407 e. The number of nitrogens with one attached hydrogen (secondary N) is 1. The summed E-state index contributed by atoms with van der Waals surface area (Å²) in [6.07, 6.45) is -0.499. The molecule has 2 aromatic carbocycles. The average Bonchev–Trinajstić information content (AvgIpc) is 2.64. The molecule has 150 valence electrons. The van der Waals surface area contributed by atoms with E-state index in [9.17, 15) is 9.47 Å². The SMILES string of the molecule is Cc1ccc([S@@](=O)N[C@@H](C#N)[C@@H](O[Si](C)(C)C(C)(C)C)c2ccccc2)cc1. The highest BCUT2D eigenvalue weighted by atomic mass is 32.2. The van der Waals surface area contributed by atoms with E-state index in [1.807, 2.05) is 61.5 Å². The molecular formula is C22H30N2O2SSi. The Bertz CT molecular complexity index is 840. The molecular weight excluding hydrogens is 384 g/mol. The summed E-state index contributed by atoms with van der Waals surface area (Å²) in [4.78, 5) is 0.644. The monoisotopic (exact) mass is 414 g/mol. The number of nitriles is 1. The van der Waals surface area contributed by atoms with Crippen LogP contribution in [0, 0.1) is 18.3 Å². The standard InChI is InChI=1S/C22H30N2O2SSi/c1-17-12-14-19(15-13-17)27(25)24-20(16-23)21(18-10-8-7-9-11-18)26-28(5,6)22(2,3)4/h7-15,20-21,24H,1-6H3/t20-,21-,27+/m0/s1. The van der Waals surface area contributed by atoms with Gasteiger partial charge in [0.25, 0.3) is 0 Å². The lowest BCUT2D eigenvalue weighted by Crippen LogP contribution is -2.46. The van der Waals surface area contributed by atoms with E-state index in [1.165, 1.54) is 0 Å². The molecule has 1 N–H and O–H groups in total. The molecule has 0 aliphatic heterocycles. The fraction of sp³-hybridized carbons (Fsp3) is 0.409. The van der Waals surface area contributed by atoms with Gasteiger partial charge in [0.2, 0.25) is 0 Å². The molecule has 0 unspecified atom stereocenters. The zero-order chi connectivity index (χ0) is 20.9. The van der Waals surface area contributed by atoms with Gasteiger partial charge < -0.3 is 4.43 Å². The van der Waals surface area contributed by atoms with Crippen molar-refractivity contribution in [3.8, 4) is 6.07 Å². The van der Waals surface area contributed by atoms with E-state index in [-0.39, 0.29) is 5.04 Å². The van der Waals surface area contributed by atoms with Crippen LogP contribution in [-0.2, 0) is 15.4 Å². The molecule has 4 nitrogen and oxygen atoms in total. The predicted octanol–water partition coefficient (Wildman–Crippen LogP) is 5.26. The Labute approximate surface area is 172 Å². The minimum Gasteiger partial charge on any atom is -0.407 e. The molecule has 0 amide bonds. The summed E-state index contributed by atoms with van der Waals surface area (Å²) < 4.78 is 22.4. The molecule has 0 spiro atoms. The summed E-state index contributed by atoms with van der Waals surface area (Å²) in [5.41, 5.74) is 2.01. The molecule has 0 saturated carbocycles. The summed E-state index contributed by atoms with van der Waals surface area (Å²) >= 11 is 0. The number of rotatable bonds is 7. The van der Waals surface area contributed by atoms with Gasteiger partial charge in [-0.25, -0.2) is 8.93 Å². The normalized spacial score (nSPS) is 15.5. The first kappa shape index (κ1) is 22.5. The molecule has 3 atom stereocenters. The van der Waals surface area contributed by atoms with Gasteiger partial charge in [-0.1, -0.05) is 68.8 Å². The third kappa shape index (κ3) is 5.61. The fourth-order valence-corrected chi connectivity index (χ4v) is 4.65. The molecule has 0 aliphatic carbocycles. The van der Waals surface area contributed by atoms with Crippen molar-refractivity contribution in [1.82, 2.24) is 4.72 Å². The van der Waals surface area contributed by atoms with Crippen molar-refractivity contribution in [1.29, 1.82) is 5.26 Å². The lowest BCUT2D eigenvalue weighted by Gasteiger charge is -2.40. The van der Waals surface area contributed by atoms with Crippen LogP contribution in [0.2, 0.25) is 18.1 Å². The van der Waals surface area contributed by atoms with E-state index < -0.39 is 31.4 Å². The summed E-state index contributed by atoms with van der Waals surface area (Å²) in [6, 6.07) is 18.7. The van der Waals surface area contributed by atoms with E-state index >= 15 is 0 Å². The van der Waals surface area contributed by atoms with Crippen LogP contribution >= 0.6 is 0 Å². The van der Waals surface area contributed by atoms with Crippen molar-refractivity contribution in [2.45, 2.75) is 62.9 Å². The molecule has 2 aromatic rings. The maximum absolute atomic E-state index is 12.8. The number of nitrogens with zero attached hydrogens (tertiary/aromatic N) is 1. The molecule has 0 aliphatic rings. The molecule has 0 fully saturated rings. The Hall–Kier alpha value is -1.78. The molecule has 0 heterocycles. The highest BCUT2D eigenvalue weighted by Crippen LogP contribution is 2.40. The van der Waals surface area contributed by atoms with Crippen LogP contribution in [0.15, 0.2) is 59.5 Å². The Kier molecular flexibility index (Phi) is 7.35. The van der Waals surface area contributed by atoms with Gasteiger partial charge in [-0.15, -0.1) is 0 Å². The Morgan fingerprint density at radius 3 is 2.14 bits per heavy atom. The third-order valence-electron chi connectivity index (χ3n) is 5.27. The van der Waals surface area contributed by atoms with Gasteiger partial charge >= 0.3 is 0 Å². The minimum absolute atomic E-state index is 0.00382. The highest BCUT2D eigenvalue weighted by molar-refractivity contribution is 7.83. The van der Waals surface area contributed by atoms with Crippen molar-refractivity contribution in [2.75, 3.05) is 0 Å². The van der Waals surface area contributed by atoms with Crippen LogP contribution in [0.5, 0.6) is 0 Å². The predicted molar refractivity (Wildman–Crippen MR) is 118 cm³/mol. The van der Waals surface area contributed by atoms with Crippen LogP contribution in [0.1, 0.15) is 38.0 Å². The van der Waals surface area contributed by atoms with Crippen LogP contribution in [-0.4, -0.2) is 18.6 Å². The minimum atomic E-state index is -2.16. The molecule has 6 heteroatoms. The van der Waals surface area contributed by atoms with Crippen molar-refractivity contribution in [3.05, 3.63) is 65.7 Å². The molecule has 0 bridgehead atoms. The van der Waals surface area contributed by atoms with E-state index in [0.717, 1.165) is 11.1 Å². The van der Waals surface area contributed by atoms with E-state index in [1.54, 1.807) is 0 Å². The molecule has 28 heavy (non-hydrogen) atoms. The van der Waals surface area contributed by atoms with Gasteiger partial charge in [0.15, 0.2) is 8.32 Å². The maximum atomic E-state index is 12.8. The zero-order valence-corrected chi connectivity index (χ0v) is 19.3. The lowest BCUT2D eigenvalue weighted by molar-refractivity contribution is 0.166. The summed E-state index contributed by atoms with van der Waals surface area (Å²) in [6.45, 7) is 12.8. The van der Waals surface area contributed by atoms with Crippen LogP contribution in [0.25, 0.3) is 0 Å². The Morgan fingerprint density at radius 2 is 1.64 bits per heavy atom. The van der Waals surface area contributed by atoms with E-state index in [4.69, 9.17) is 4.43 Å². The lowest BCUT2D eigenvalue weighted by atomic mass is 10.0. The van der Waals surface area contributed by atoms with Crippen molar-refractivity contribution >= 4 is 19.3 Å².